The maximum atomic E-state index is 13.6. The lowest BCUT2D eigenvalue weighted by Gasteiger charge is -2.33. The van der Waals surface area contributed by atoms with E-state index in [0.717, 1.165) is 17.3 Å². The SMILES string of the molecule is COc1ccc(F)cc1S(=O)(=O)N1CCN(Cc2cc3ccccn3n2)CC1. The monoisotopic (exact) mass is 404 g/mol. The molecule has 1 aromatic carbocycles. The third kappa shape index (κ3) is 3.60. The van der Waals surface area contributed by atoms with Gasteiger partial charge in [-0.15, -0.1) is 0 Å². The number of methoxy groups -OCH3 is 1. The maximum Gasteiger partial charge on any atom is 0.246 e. The molecule has 1 saturated heterocycles. The minimum atomic E-state index is -3.82. The number of sulfonamides is 1. The summed E-state index contributed by atoms with van der Waals surface area (Å²) in [6.07, 6.45) is 1.90. The maximum absolute atomic E-state index is 13.6. The number of pyridine rings is 1. The Bertz CT molecular complexity index is 1060. The fourth-order valence-corrected chi connectivity index (χ4v) is 5.01. The number of fused-ring (bicyclic) bond motifs is 1. The van der Waals surface area contributed by atoms with Crippen LogP contribution in [0.2, 0.25) is 0 Å². The average Bonchev–Trinajstić information content (AvgIpc) is 3.10. The van der Waals surface area contributed by atoms with E-state index >= 15 is 0 Å². The standard InChI is InChI=1S/C19H21FN4O3S/c1-27-18-6-5-15(20)12-19(18)28(25,26)23-10-8-22(9-11-23)14-16-13-17-4-2-3-7-24(17)21-16/h2-7,12-13H,8-11,14H2,1H3. The number of nitrogens with zero attached hydrogens (tertiary/aromatic N) is 4. The second kappa shape index (κ2) is 7.50. The van der Waals surface area contributed by atoms with E-state index in [1.54, 1.807) is 0 Å². The van der Waals surface area contributed by atoms with Crippen molar-refractivity contribution in [3.8, 4) is 5.75 Å². The zero-order valence-corrected chi connectivity index (χ0v) is 16.3. The van der Waals surface area contributed by atoms with E-state index in [2.05, 4.69) is 10.00 Å². The Morgan fingerprint density at radius 1 is 1.11 bits per heavy atom. The molecule has 7 nitrogen and oxygen atoms in total. The van der Waals surface area contributed by atoms with Gasteiger partial charge in [0.05, 0.1) is 18.3 Å². The Balaban J connectivity index is 1.45. The highest BCUT2D eigenvalue weighted by Gasteiger charge is 2.31. The lowest BCUT2D eigenvalue weighted by molar-refractivity contribution is 0.179. The number of hydrogen-bond donors (Lipinski definition) is 0. The molecule has 28 heavy (non-hydrogen) atoms. The van der Waals surface area contributed by atoms with Crippen molar-refractivity contribution in [2.45, 2.75) is 11.4 Å². The Morgan fingerprint density at radius 2 is 1.89 bits per heavy atom. The Kier molecular flexibility index (Phi) is 5.05. The van der Waals surface area contributed by atoms with Gasteiger partial charge in [0.2, 0.25) is 10.0 Å². The van der Waals surface area contributed by atoms with Gasteiger partial charge in [-0.2, -0.15) is 9.40 Å². The summed E-state index contributed by atoms with van der Waals surface area (Å²) in [5.41, 5.74) is 1.96. The molecule has 4 rings (SSSR count). The van der Waals surface area contributed by atoms with Gasteiger partial charge in [-0.05, 0) is 36.4 Å². The number of piperazine rings is 1. The zero-order valence-electron chi connectivity index (χ0n) is 15.5. The lowest BCUT2D eigenvalue weighted by atomic mass is 10.3. The summed E-state index contributed by atoms with van der Waals surface area (Å²) in [7, 11) is -2.45. The van der Waals surface area contributed by atoms with Crippen LogP contribution in [0.25, 0.3) is 5.52 Å². The van der Waals surface area contributed by atoms with Crippen LogP contribution in [0, 0.1) is 5.82 Å². The molecule has 9 heteroatoms. The number of ether oxygens (including phenoxy) is 1. The molecular formula is C19H21FN4O3S. The molecule has 1 aliphatic heterocycles. The summed E-state index contributed by atoms with van der Waals surface area (Å²) in [6, 6.07) is 11.4. The van der Waals surface area contributed by atoms with Crippen molar-refractivity contribution in [1.29, 1.82) is 0 Å². The van der Waals surface area contributed by atoms with Gasteiger partial charge >= 0.3 is 0 Å². The molecule has 2 aromatic heterocycles. The number of hydrogen-bond acceptors (Lipinski definition) is 5. The topological polar surface area (TPSA) is 67.2 Å². The molecule has 0 N–H and O–H groups in total. The predicted molar refractivity (Wildman–Crippen MR) is 102 cm³/mol. The molecule has 148 valence electrons. The minimum absolute atomic E-state index is 0.135. The van der Waals surface area contributed by atoms with E-state index in [9.17, 15) is 12.8 Å². The first-order valence-electron chi connectivity index (χ1n) is 8.97. The zero-order chi connectivity index (χ0) is 19.7. The quantitative estimate of drug-likeness (QED) is 0.651. The van der Waals surface area contributed by atoms with Crippen molar-refractivity contribution >= 4 is 15.5 Å². The molecule has 0 atom stereocenters. The average molecular weight is 404 g/mol. The fraction of sp³-hybridized carbons (Fsp3) is 0.316. The van der Waals surface area contributed by atoms with Gasteiger partial charge in [0.15, 0.2) is 0 Å². The van der Waals surface area contributed by atoms with Gasteiger partial charge in [0, 0.05) is 38.9 Å². The highest BCUT2D eigenvalue weighted by Crippen LogP contribution is 2.28. The summed E-state index contributed by atoms with van der Waals surface area (Å²) in [5.74, 6) is -0.460. The normalized spacial score (nSPS) is 16.5. The second-order valence-corrected chi connectivity index (χ2v) is 8.59. The van der Waals surface area contributed by atoms with Crippen LogP contribution in [0.3, 0.4) is 0 Å². The molecule has 0 aliphatic carbocycles. The summed E-state index contributed by atoms with van der Waals surface area (Å²) in [4.78, 5) is 2.03. The molecule has 0 saturated carbocycles. The summed E-state index contributed by atoms with van der Waals surface area (Å²) in [6.45, 7) is 2.46. The van der Waals surface area contributed by atoms with E-state index in [-0.39, 0.29) is 10.6 Å². The van der Waals surface area contributed by atoms with Crippen molar-refractivity contribution in [3.05, 3.63) is 60.2 Å². The summed E-state index contributed by atoms with van der Waals surface area (Å²) >= 11 is 0. The van der Waals surface area contributed by atoms with Crippen LogP contribution in [0.15, 0.2) is 53.6 Å². The van der Waals surface area contributed by atoms with Crippen LogP contribution in [0.5, 0.6) is 5.75 Å². The fourth-order valence-electron chi connectivity index (χ4n) is 3.42. The van der Waals surface area contributed by atoms with Crippen molar-refractivity contribution in [3.63, 3.8) is 0 Å². The van der Waals surface area contributed by atoms with Gasteiger partial charge in [-0.25, -0.2) is 17.3 Å². The van der Waals surface area contributed by atoms with Crippen molar-refractivity contribution in [2.24, 2.45) is 0 Å². The van der Waals surface area contributed by atoms with E-state index in [1.807, 2.05) is 35.0 Å². The highest BCUT2D eigenvalue weighted by atomic mass is 32.2. The van der Waals surface area contributed by atoms with Crippen molar-refractivity contribution < 1.29 is 17.5 Å². The molecule has 0 bridgehead atoms. The van der Waals surface area contributed by atoms with Gasteiger partial charge < -0.3 is 4.74 Å². The lowest BCUT2D eigenvalue weighted by Crippen LogP contribution is -2.48. The first kappa shape index (κ1) is 18.9. The third-order valence-electron chi connectivity index (χ3n) is 4.88. The van der Waals surface area contributed by atoms with Gasteiger partial charge in [-0.1, -0.05) is 6.07 Å². The predicted octanol–water partition coefficient (Wildman–Crippen LogP) is 1.99. The second-order valence-electron chi connectivity index (χ2n) is 6.68. The molecule has 0 radical (unpaired) electrons. The van der Waals surface area contributed by atoms with Crippen LogP contribution in [-0.4, -0.2) is 60.5 Å². The van der Waals surface area contributed by atoms with Crippen LogP contribution in [-0.2, 0) is 16.6 Å². The largest absolute Gasteiger partial charge is 0.495 e. The molecule has 1 fully saturated rings. The van der Waals surface area contributed by atoms with Crippen LogP contribution in [0.1, 0.15) is 5.69 Å². The Morgan fingerprint density at radius 3 is 2.61 bits per heavy atom. The molecule has 1 aliphatic rings. The molecular weight excluding hydrogens is 383 g/mol. The van der Waals surface area contributed by atoms with Gasteiger partial charge in [0.25, 0.3) is 0 Å². The van der Waals surface area contributed by atoms with Crippen molar-refractivity contribution in [2.75, 3.05) is 33.3 Å². The molecule has 0 amide bonds. The Labute approximate surface area is 163 Å². The third-order valence-corrected chi connectivity index (χ3v) is 6.80. The van der Waals surface area contributed by atoms with Crippen LogP contribution < -0.4 is 4.74 Å². The van der Waals surface area contributed by atoms with E-state index in [1.165, 1.54) is 23.5 Å². The number of rotatable bonds is 5. The highest BCUT2D eigenvalue weighted by molar-refractivity contribution is 7.89. The number of aromatic nitrogens is 2. The smallest absolute Gasteiger partial charge is 0.246 e. The molecule has 0 spiro atoms. The minimum Gasteiger partial charge on any atom is -0.495 e. The van der Waals surface area contributed by atoms with E-state index in [4.69, 9.17) is 4.74 Å². The first-order valence-corrected chi connectivity index (χ1v) is 10.4. The summed E-state index contributed by atoms with van der Waals surface area (Å²) < 4.78 is 47.8. The number of benzene rings is 1. The van der Waals surface area contributed by atoms with Gasteiger partial charge in [-0.3, -0.25) is 4.90 Å². The van der Waals surface area contributed by atoms with E-state index < -0.39 is 15.8 Å². The molecule has 0 unspecified atom stereocenters. The van der Waals surface area contributed by atoms with E-state index in [0.29, 0.717) is 32.7 Å². The number of halogens is 1. The Hall–Kier alpha value is -2.49. The van der Waals surface area contributed by atoms with Crippen LogP contribution >= 0.6 is 0 Å². The molecule has 3 aromatic rings. The summed E-state index contributed by atoms with van der Waals surface area (Å²) in [5, 5.41) is 4.54. The molecule has 3 heterocycles. The van der Waals surface area contributed by atoms with Crippen LogP contribution in [0.4, 0.5) is 4.39 Å². The van der Waals surface area contributed by atoms with Gasteiger partial charge in [0.1, 0.15) is 16.5 Å². The first-order chi connectivity index (χ1) is 13.5. The van der Waals surface area contributed by atoms with Crippen molar-refractivity contribution in [1.82, 2.24) is 18.8 Å².